The molecule has 3 amide bonds. The number of piperidine rings is 1. The van der Waals surface area contributed by atoms with Crippen LogP contribution in [-0.4, -0.2) is 66.9 Å². The average Bonchev–Trinajstić information content (AvgIpc) is 3.42. The molecule has 0 saturated carbocycles. The highest BCUT2D eigenvalue weighted by atomic mass is 16.5. The first-order valence-corrected chi connectivity index (χ1v) is 12.1. The van der Waals surface area contributed by atoms with Gasteiger partial charge in [-0.2, -0.15) is 0 Å². The fraction of sp³-hybridized carbons (Fsp3) is 0.444. The molecule has 2 fully saturated rings. The molecule has 2 aromatic rings. The van der Waals surface area contributed by atoms with Crippen molar-refractivity contribution in [1.82, 2.24) is 15.1 Å². The molecule has 0 radical (unpaired) electrons. The van der Waals surface area contributed by atoms with Gasteiger partial charge in [-0.15, -0.1) is 0 Å². The minimum absolute atomic E-state index is 0.0165. The molecule has 1 N–H and O–H groups in total. The topological polar surface area (TPSA) is 79.0 Å². The van der Waals surface area contributed by atoms with Crippen LogP contribution in [0.15, 0.2) is 48.5 Å². The zero-order valence-electron chi connectivity index (χ0n) is 20.0. The number of aryl methyl sites for hydroxylation is 1. The summed E-state index contributed by atoms with van der Waals surface area (Å²) in [5.74, 6) is 0.291. The lowest BCUT2D eigenvalue weighted by Crippen LogP contribution is -2.54. The maximum atomic E-state index is 13.4. The lowest BCUT2D eigenvalue weighted by atomic mass is 9.88. The molecule has 2 aromatic carbocycles. The van der Waals surface area contributed by atoms with Crippen molar-refractivity contribution in [2.45, 2.75) is 38.6 Å². The summed E-state index contributed by atoms with van der Waals surface area (Å²) >= 11 is 0. The van der Waals surface area contributed by atoms with Crippen LogP contribution in [0.4, 0.5) is 0 Å². The summed E-state index contributed by atoms with van der Waals surface area (Å²) in [4.78, 5) is 43.2. The van der Waals surface area contributed by atoms with Crippen LogP contribution in [0.3, 0.4) is 0 Å². The summed E-state index contributed by atoms with van der Waals surface area (Å²) in [5.41, 5.74) is 2.21. The van der Waals surface area contributed by atoms with Crippen LogP contribution in [0.25, 0.3) is 0 Å². The van der Waals surface area contributed by atoms with Crippen LogP contribution in [0, 0.1) is 12.8 Å². The van der Waals surface area contributed by atoms with Crippen molar-refractivity contribution in [2.75, 3.05) is 33.3 Å². The first-order chi connectivity index (χ1) is 16.5. The first-order valence-electron chi connectivity index (χ1n) is 12.1. The lowest BCUT2D eigenvalue weighted by Gasteiger charge is -2.37. The largest absolute Gasteiger partial charge is 0.497 e. The number of nitrogens with zero attached hydrogens (tertiary/aromatic N) is 2. The Balaban J connectivity index is 1.46. The molecule has 2 saturated heterocycles. The van der Waals surface area contributed by atoms with E-state index in [9.17, 15) is 14.4 Å². The van der Waals surface area contributed by atoms with Gasteiger partial charge in [-0.05, 0) is 68.9 Å². The zero-order valence-corrected chi connectivity index (χ0v) is 20.0. The van der Waals surface area contributed by atoms with Gasteiger partial charge in [-0.25, -0.2) is 0 Å². The molecule has 4 rings (SSSR count). The standard InChI is InChI=1S/C27H33N3O4/c1-19-7-5-9-22(17-19)26(32)30-15-11-20(12-16-30)24(27(33)29-13-3-4-14-29)28-25(31)21-8-6-10-23(18-21)34-2/h5-10,17-18,20,24H,3-4,11-16H2,1-2H3,(H,28,31)/t24-/m0/s1. The highest BCUT2D eigenvalue weighted by Crippen LogP contribution is 2.25. The Morgan fingerprint density at radius 1 is 0.912 bits per heavy atom. The molecule has 34 heavy (non-hydrogen) atoms. The number of likely N-dealkylation sites (tertiary alicyclic amines) is 2. The van der Waals surface area contributed by atoms with E-state index in [4.69, 9.17) is 4.74 Å². The minimum atomic E-state index is -0.604. The van der Waals surface area contributed by atoms with Crippen molar-refractivity contribution in [3.8, 4) is 5.75 Å². The fourth-order valence-corrected chi connectivity index (χ4v) is 4.90. The summed E-state index contributed by atoms with van der Waals surface area (Å²) in [5, 5.41) is 3.03. The van der Waals surface area contributed by atoms with E-state index in [1.54, 1.807) is 31.4 Å². The SMILES string of the molecule is COc1cccc(C(=O)N[C@H](C(=O)N2CCCC2)C2CCN(C(=O)c3cccc(C)c3)CC2)c1. The van der Waals surface area contributed by atoms with Gasteiger partial charge >= 0.3 is 0 Å². The van der Waals surface area contributed by atoms with E-state index >= 15 is 0 Å². The second-order valence-corrected chi connectivity index (χ2v) is 9.21. The zero-order chi connectivity index (χ0) is 24.1. The van der Waals surface area contributed by atoms with Crippen molar-refractivity contribution in [3.05, 3.63) is 65.2 Å². The molecule has 1 atom stereocenters. The third-order valence-electron chi connectivity index (χ3n) is 6.87. The van der Waals surface area contributed by atoms with Gasteiger partial charge in [0.2, 0.25) is 5.91 Å². The minimum Gasteiger partial charge on any atom is -0.497 e. The summed E-state index contributed by atoms with van der Waals surface area (Å²) in [6, 6.07) is 14.0. The lowest BCUT2D eigenvalue weighted by molar-refractivity contribution is -0.134. The van der Waals surface area contributed by atoms with E-state index < -0.39 is 6.04 Å². The number of methoxy groups -OCH3 is 1. The third-order valence-corrected chi connectivity index (χ3v) is 6.87. The number of ether oxygens (including phenoxy) is 1. The molecule has 0 aromatic heterocycles. The highest BCUT2D eigenvalue weighted by molar-refractivity contribution is 5.98. The van der Waals surface area contributed by atoms with Gasteiger partial charge in [-0.3, -0.25) is 14.4 Å². The second-order valence-electron chi connectivity index (χ2n) is 9.21. The van der Waals surface area contributed by atoms with Gasteiger partial charge in [0.25, 0.3) is 11.8 Å². The monoisotopic (exact) mass is 463 g/mol. The predicted octanol–water partition coefficient (Wildman–Crippen LogP) is 3.28. The molecule has 0 bridgehead atoms. The van der Waals surface area contributed by atoms with Gasteiger partial charge < -0.3 is 19.9 Å². The van der Waals surface area contributed by atoms with Crippen molar-refractivity contribution in [2.24, 2.45) is 5.92 Å². The maximum Gasteiger partial charge on any atom is 0.253 e. The molecule has 0 unspecified atom stereocenters. The van der Waals surface area contributed by atoms with Gasteiger partial charge in [-0.1, -0.05) is 23.8 Å². The van der Waals surface area contributed by atoms with Gasteiger partial charge in [0.05, 0.1) is 7.11 Å². The summed E-state index contributed by atoms with van der Waals surface area (Å²) in [7, 11) is 1.56. The van der Waals surface area contributed by atoms with Crippen molar-refractivity contribution in [3.63, 3.8) is 0 Å². The molecule has 2 aliphatic heterocycles. The molecule has 0 aliphatic carbocycles. The van der Waals surface area contributed by atoms with Crippen molar-refractivity contribution >= 4 is 17.7 Å². The Morgan fingerprint density at radius 2 is 1.59 bits per heavy atom. The summed E-state index contributed by atoms with van der Waals surface area (Å²) < 4.78 is 5.24. The highest BCUT2D eigenvalue weighted by Gasteiger charge is 2.37. The smallest absolute Gasteiger partial charge is 0.253 e. The third kappa shape index (κ3) is 5.41. The Labute approximate surface area is 201 Å². The van der Waals surface area contributed by atoms with E-state index in [2.05, 4.69) is 5.32 Å². The van der Waals surface area contributed by atoms with Crippen LogP contribution in [0.1, 0.15) is 52.0 Å². The molecular formula is C27H33N3O4. The summed E-state index contributed by atoms with van der Waals surface area (Å²) in [6.07, 6.45) is 3.32. The Morgan fingerprint density at radius 3 is 2.26 bits per heavy atom. The number of hydrogen-bond donors (Lipinski definition) is 1. The Bertz CT molecular complexity index is 1040. The average molecular weight is 464 g/mol. The van der Waals surface area contributed by atoms with Gasteiger partial charge in [0, 0.05) is 37.3 Å². The first kappa shape index (κ1) is 23.8. The maximum absolute atomic E-state index is 13.4. The molecule has 180 valence electrons. The van der Waals surface area contributed by atoms with Crippen molar-refractivity contribution in [1.29, 1.82) is 0 Å². The van der Waals surface area contributed by atoms with Gasteiger partial charge in [0.15, 0.2) is 0 Å². The quantitative estimate of drug-likeness (QED) is 0.713. The molecule has 7 heteroatoms. The number of hydrogen-bond acceptors (Lipinski definition) is 4. The van der Waals surface area contributed by atoms with Crippen LogP contribution in [0.5, 0.6) is 5.75 Å². The number of amides is 3. The van der Waals surface area contributed by atoms with Gasteiger partial charge in [0.1, 0.15) is 11.8 Å². The number of benzene rings is 2. The molecule has 2 heterocycles. The van der Waals surface area contributed by atoms with Crippen LogP contribution in [0.2, 0.25) is 0 Å². The van der Waals surface area contributed by atoms with E-state index in [-0.39, 0.29) is 23.6 Å². The number of nitrogens with one attached hydrogen (secondary N) is 1. The van der Waals surface area contributed by atoms with E-state index in [1.807, 2.05) is 41.0 Å². The van der Waals surface area contributed by atoms with E-state index in [0.717, 1.165) is 31.5 Å². The predicted molar refractivity (Wildman–Crippen MR) is 130 cm³/mol. The molecule has 7 nitrogen and oxygen atoms in total. The Kier molecular flexibility index (Phi) is 7.50. The van der Waals surface area contributed by atoms with Crippen LogP contribution >= 0.6 is 0 Å². The number of rotatable bonds is 6. The van der Waals surface area contributed by atoms with Crippen LogP contribution in [-0.2, 0) is 4.79 Å². The molecule has 0 spiro atoms. The van der Waals surface area contributed by atoms with Crippen molar-refractivity contribution < 1.29 is 19.1 Å². The van der Waals surface area contributed by atoms with Crippen LogP contribution < -0.4 is 10.1 Å². The molecule has 2 aliphatic rings. The normalized spacial score (nSPS) is 17.4. The van der Waals surface area contributed by atoms with E-state index in [1.165, 1.54) is 0 Å². The van der Waals surface area contributed by atoms with E-state index in [0.29, 0.717) is 42.8 Å². The number of carbonyl (C=O) groups excluding carboxylic acids is 3. The molecular weight excluding hydrogens is 430 g/mol. The summed E-state index contributed by atoms with van der Waals surface area (Å²) in [6.45, 7) is 4.57. The number of carbonyl (C=O) groups is 3. The second kappa shape index (κ2) is 10.7. The fourth-order valence-electron chi connectivity index (χ4n) is 4.90. The Hall–Kier alpha value is -3.35.